The van der Waals surface area contributed by atoms with E-state index in [0.29, 0.717) is 17.7 Å². The first-order valence-corrected chi connectivity index (χ1v) is 7.76. The van der Waals surface area contributed by atoms with Crippen LogP contribution in [0.2, 0.25) is 0 Å². The van der Waals surface area contributed by atoms with E-state index in [0.717, 1.165) is 12.2 Å². The summed E-state index contributed by atoms with van der Waals surface area (Å²) in [5.74, 6) is 2.53. The number of nitrogens with two attached hydrogens (primary N) is 1. The number of hydrogen-bond donors (Lipinski definition) is 1. The van der Waals surface area contributed by atoms with Crippen LogP contribution in [0.15, 0.2) is 4.52 Å². The van der Waals surface area contributed by atoms with E-state index >= 15 is 0 Å². The quantitative estimate of drug-likeness (QED) is 0.895. The smallest absolute Gasteiger partial charge is 0.243 e. The Morgan fingerprint density at radius 3 is 2.42 bits per heavy atom. The third-order valence-electron chi connectivity index (χ3n) is 3.97. The van der Waals surface area contributed by atoms with Gasteiger partial charge in [0.2, 0.25) is 5.89 Å². The van der Waals surface area contributed by atoms with Gasteiger partial charge in [0, 0.05) is 5.92 Å². The molecule has 4 nitrogen and oxygen atoms in total. The zero-order valence-corrected chi connectivity index (χ0v) is 12.3. The zero-order valence-electron chi connectivity index (χ0n) is 12.3. The predicted molar refractivity (Wildman–Crippen MR) is 75.7 cm³/mol. The number of nitrogens with zero attached hydrogens (tertiary/aromatic N) is 2. The molecule has 2 N–H and O–H groups in total. The summed E-state index contributed by atoms with van der Waals surface area (Å²) in [6.07, 6.45) is 9.91. The summed E-state index contributed by atoms with van der Waals surface area (Å²) in [5, 5.41) is 4.17. The molecule has 1 aromatic rings. The summed E-state index contributed by atoms with van der Waals surface area (Å²) in [6, 6.07) is -0.116. The lowest BCUT2D eigenvalue weighted by Crippen LogP contribution is -2.13. The topological polar surface area (TPSA) is 64.9 Å². The Hall–Kier alpha value is -0.900. The second-order valence-electron chi connectivity index (χ2n) is 6.27. The maximum absolute atomic E-state index is 6.10. The third kappa shape index (κ3) is 4.30. The first-order valence-electron chi connectivity index (χ1n) is 7.76. The highest BCUT2D eigenvalue weighted by molar-refractivity contribution is 4.98. The van der Waals surface area contributed by atoms with Gasteiger partial charge < -0.3 is 10.3 Å². The maximum atomic E-state index is 6.10. The zero-order chi connectivity index (χ0) is 13.7. The molecule has 2 rings (SSSR count). The molecule has 0 aliphatic heterocycles. The second kappa shape index (κ2) is 7.04. The van der Waals surface area contributed by atoms with Gasteiger partial charge in [-0.1, -0.05) is 51.1 Å². The van der Waals surface area contributed by atoms with Crippen molar-refractivity contribution in [2.24, 2.45) is 11.7 Å². The number of rotatable bonds is 4. The molecule has 1 aliphatic carbocycles. The molecule has 0 aromatic carbocycles. The minimum atomic E-state index is -0.116. The standard InChI is InChI=1S/C15H27N3O/c1-11(2)10-13(16)15-17-14(18-19-15)12-8-6-4-3-5-7-9-12/h11-13H,3-10,16H2,1-2H3. The molecule has 108 valence electrons. The van der Waals surface area contributed by atoms with Crippen LogP contribution < -0.4 is 5.73 Å². The molecule has 1 aliphatic rings. The minimum Gasteiger partial charge on any atom is -0.338 e. The fraction of sp³-hybridized carbons (Fsp3) is 0.867. The van der Waals surface area contributed by atoms with Gasteiger partial charge in [-0.3, -0.25) is 0 Å². The number of aromatic nitrogens is 2. The van der Waals surface area contributed by atoms with E-state index in [1.54, 1.807) is 0 Å². The largest absolute Gasteiger partial charge is 0.338 e. The highest BCUT2D eigenvalue weighted by Crippen LogP contribution is 2.30. The fourth-order valence-electron chi connectivity index (χ4n) is 2.89. The van der Waals surface area contributed by atoms with Gasteiger partial charge in [-0.15, -0.1) is 0 Å². The Labute approximate surface area is 116 Å². The van der Waals surface area contributed by atoms with Crippen LogP contribution >= 0.6 is 0 Å². The average molecular weight is 265 g/mol. The normalized spacial score (nSPS) is 20.2. The summed E-state index contributed by atoms with van der Waals surface area (Å²) < 4.78 is 5.37. The first-order chi connectivity index (χ1) is 9.16. The lowest BCUT2D eigenvalue weighted by atomic mass is 9.91. The molecule has 1 fully saturated rings. The van der Waals surface area contributed by atoms with Crippen molar-refractivity contribution in [2.45, 2.75) is 77.2 Å². The molecule has 1 aromatic heterocycles. The molecule has 1 heterocycles. The molecule has 19 heavy (non-hydrogen) atoms. The Kier molecular flexibility index (Phi) is 5.37. The van der Waals surface area contributed by atoms with Crippen molar-refractivity contribution < 1.29 is 4.52 Å². The van der Waals surface area contributed by atoms with Crippen molar-refractivity contribution in [3.63, 3.8) is 0 Å². The molecule has 0 amide bonds. The van der Waals surface area contributed by atoms with E-state index in [-0.39, 0.29) is 6.04 Å². The Morgan fingerprint density at radius 1 is 1.16 bits per heavy atom. The molecule has 0 spiro atoms. The van der Waals surface area contributed by atoms with Gasteiger partial charge in [0.15, 0.2) is 5.82 Å². The van der Waals surface area contributed by atoms with Gasteiger partial charge in [-0.25, -0.2) is 0 Å². The van der Waals surface area contributed by atoms with E-state index in [1.807, 2.05) is 0 Å². The lowest BCUT2D eigenvalue weighted by molar-refractivity contribution is 0.328. The SMILES string of the molecule is CC(C)CC(N)c1nc(C2CCCCCCC2)no1. The van der Waals surface area contributed by atoms with Gasteiger partial charge in [0.25, 0.3) is 0 Å². The Bertz CT molecular complexity index is 367. The second-order valence-corrected chi connectivity index (χ2v) is 6.27. The summed E-state index contributed by atoms with van der Waals surface area (Å²) >= 11 is 0. The molecule has 1 saturated carbocycles. The van der Waals surface area contributed by atoms with Gasteiger partial charge >= 0.3 is 0 Å². The van der Waals surface area contributed by atoms with Gasteiger partial charge in [-0.05, 0) is 25.2 Å². The van der Waals surface area contributed by atoms with Crippen LogP contribution in [0, 0.1) is 5.92 Å². The fourth-order valence-corrected chi connectivity index (χ4v) is 2.89. The highest BCUT2D eigenvalue weighted by Gasteiger charge is 2.22. The highest BCUT2D eigenvalue weighted by atomic mass is 16.5. The lowest BCUT2D eigenvalue weighted by Gasteiger charge is -2.16. The van der Waals surface area contributed by atoms with E-state index in [2.05, 4.69) is 24.0 Å². The van der Waals surface area contributed by atoms with Crippen LogP contribution in [0.25, 0.3) is 0 Å². The van der Waals surface area contributed by atoms with Crippen molar-refractivity contribution >= 4 is 0 Å². The molecule has 0 bridgehead atoms. The van der Waals surface area contributed by atoms with E-state index in [4.69, 9.17) is 10.3 Å². The van der Waals surface area contributed by atoms with Crippen LogP contribution in [-0.2, 0) is 0 Å². The molecule has 1 atom stereocenters. The number of hydrogen-bond acceptors (Lipinski definition) is 4. The van der Waals surface area contributed by atoms with Crippen LogP contribution in [0.5, 0.6) is 0 Å². The molecule has 0 radical (unpaired) electrons. The van der Waals surface area contributed by atoms with Crippen LogP contribution in [0.3, 0.4) is 0 Å². The van der Waals surface area contributed by atoms with Crippen LogP contribution in [0.1, 0.15) is 88.9 Å². The van der Waals surface area contributed by atoms with Crippen molar-refractivity contribution in [1.29, 1.82) is 0 Å². The Morgan fingerprint density at radius 2 is 1.79 bits per heavy atom. The van der Waals surface area contributed by atoms with E-state index in [9.17, 15) is 0 Å². The monoisotopic (exact) mass is 265 g/mol. The molecule has 1 unspecified atom stereocenters. The van der Waals surface area contributed by atoms with Gasteiger partial charge in [-0.2, -0.15) is 4.98 Å². The van der Waals surface area contributed by atoms with Gasteiger partial charge in [0.1, 0.15) is 0 Å². The van der Waals surface area contributed by atoms with Crippen molar-refractivity contribution in [3.8, 4) is 0 Å². The predicted octanol–water partition coefficient (Wildman–Crippen LogP) is 3.94. The first kappa shape index (κ1) is 14.5. The summed E-state index contributed by atoms with van der Waals surface area (Å²) in [5.41, 5.74) is 6.10. The van der Waals surface area contributed by atoms with E-state index < -0.39 is 0 Å². The van der Waals surface area contributed by atoms with E-state index in [1.165, 1.54) is 44.9 Å². The maximum Gasteiger partial charge on any atom is 0.243 e. The molecular weight excluding hydrogens is 238 g/mol. The van der Waals surface area contributed by atoms with Crippen LogP contribution in [-0.4, -0.2) is 10.1 Å². The third-order valence-corrected chi connectivity index (χ3v) is 3.97. The van der Waals surface area contributed by atoms with Crippen LogP contribution in [0.4, 0.5) is 0 Å². The molecular formula is C15H27N3O. The summed E-state index contributed by atoms with van der Waals surface area (Å²) in [7, 11) is 0. The Balaban J connectivity index is 1.98. The summed E-state index contributed by atoms with van der Waals surface area (Å²) in [6.45, 7) is 4.32. The molecule has 0 saturated heterocycles. The summed E-state index contributed by atoms with van der Waals surface area (Å²) in [4.78, 5) is 4.56. The minimum absolute atomic E-state index is 0.116. The molecule has 4 heteroatoms. The van der Waals surface area contributed by atoms with Crippen molar-refractivity contribution in [2.75, 3.05) is 0 Å². The van der Waals surface area contributed by atoms with Gasteiger partial charge in [0.05, 0.1) is 6.04 Å². The average Bonchev–Trinajstić information content (AvgIpc) is 2.76. The van der Waals surface area contributed by atoms with Crippen molar-refractivity contribution in [3.05, 3.63) is 11.7 Å². The van der Waals surface area contributed by atoms with Crippen molar-refractivity contribution in [1.82, 2.24) is 10.1 Å².